The molecule has 1 aromatic carbocycles. The molecule has 0 radical (unpaired) electrons. The molecule has 0 saturated carbocycles. The highest BCUT2D eigenvalue weighted by atomic mass is 32.2. The van der Waals surface area contributed by atoms with Crippen molar-refractivity contribution in [3.05, 3.63) is 54.6 Å². The van der Waals surface area contributed by atoms with E-state index in [-0.39, 0.29) is 0 Å². The molecule has 0 unspecified atom stereocenters. The molecule has 0 amide bonds. The minimum Gasteiger partial charge on any atom is -0.494 e. The number of nitrogens with zero attached hydrogens (tertiary/aromatic N) is 1. The van der Waals surface area contributed by atoms with Gasteiger partial charge in [0, 0.05) is 29.6 Å². The molecule has 5 nitrogen and oxygen atoms in total. The van der Waals surface area contributed by atoms with Crippen LogP contribution in [-0.2, 0) is 5.75 Å². The summed E-state index contributed by atoms with van der Waals surface area (Å²) >= 11 is 7.18. The van der Waals surface area contributed by atoms with E-state index in [1.165, 1.54) is 0 Å². The van der Waals surface area contributed by atoms with Gasteiger partial charge in [0.2, 0.25) is 0 Å². The minimum absolute atomic E-state index is 0.592. The summed E-state index contributed by atoms with van der Waals surface area (Å²) in [5, 5.41) is 8.02. The second-order valence-corrected chi connectivity index (χ2v) is 6.74. The van der Waals surface area contributed by atoms with Crippen molar-refractivity contribution in [3.63, 3.8) is 0 Å². The SMILES string of the molecule is COc1ccc(NC(=S)NCCSCc2ccco2)c2cccnc12. The molecule has 3 aromatic rings. The van der Waals surface area contributed by atoms with Gasteiger partial charge in [-0.05, 0) is 48.6 Å². The number of pyridine rings is 1. The van der Waals surface area contributed by atoms with Crippen LogP contribution in [0.1, 0.15) is 5.76 Å². The molecule has 0 aliphatic rings. The third kappa shape index (κ3) is 4.64. The molecular formula is C18H19N3O2S2. The first-order valence-corrected chi connectivity index (χ1v) is 9.41. The maximum Gasteiger partial charge on any atom is 0.170 e. The third-order valence-corrected chi connectivity index (χ3v) is 4.78. The number of benzene rings is 1. The summed E-state index contributed by atoms with van der Waals surface area (Å²) in [6.07, 6.45) is 3.45. The van der Waals surface area contributed by atoms with Crippen LogP contribution < -0.4 is 15.4 Å². The average molecular weight is 374 g/mol. The number of thioether (sulfide) groups is 1. The van der Waals surface area contributed by atoms with Gasteiger partial charge in [-0.1, -0.05) is 0 Å². The molecule has 0 atom stereocenters. The van der Waals surface area contributed by atoms with Gasteiger partial charge in [-0.15, -0.1) is 0 Å². The Bertz CT molecular complexity index is 837. The quantitative estimate of drug-likeness (QED) is 0.478. The molecule has 7 heteroatoms. The van der Waals surface area contributed by atoms with Gasteiger partial charge in [-0.2, -0.15) is 11.8 Å². The fraction of sp³-hybridized carbons (Fsp3) is 0.222. The molecule has 3 rings (SSSR count). The van der Waals surface area contributed by atoms with Crippen LogP contribution in [0.5, 0.6) is 5.75 Å². The summed E-state index contributed by atoms with van der Waals surface area (Å²) in [5.41, 5.74) is 1.72. The molecular weight excluding hydrogens is 354 g/mol. The van der Waals surface area contributed by atoms with E-state index < -0.39 is 0 Å². The minimum atomic E-state index is 0.592. The van der Waals surface area contributed by atoms with Gasteiger partial charge < -0.3 is 19.8 Å². The zero-order valence-electron chi connectivity index (χ0n) is 13.8. The Hall–Kier alpha value is -2.25. The van der Waals surface area contributed by atoms with E-state index in [9.17, 15) is 0 Å². The molecule has 0 spiro atoms. The second kappa shape index (κ2) is 8.73. The van der Waals surface area contributed by atoms with Crippen molar-refractivity contribution >= 4 is 45.7 Å². The Balaban J connectivity index is 1.52. The predicted molar refractivity (Wildman–Crippen MR) is 107 cm³/mol. The van der Waals surface area contributed by atoms with E-state index in [1.807, 2.05) is 36.4 Å². The molecule has 2 aromatic heterocycles. The van der Waals surface area contributed by atoms with Crippen LogP contribution in [0.2, 0.25) is 0 Å². The Labute approximate surface area is 156 Å². The molecule has 2 heterocycles. The van der Waals surface area contributed by atoms with Crippen molar-refractivity contribution in [2.45, 2.75) is 5.75 Å². The van der Waals surface area contributed by atoms with Gasteiger partial charge in [0.25, 0.3) is 0 Å². The topological polar surface area (TPSA) is 59.3 Å². The second-order valence-electron chi connectivity index (χ2n) is 5.23. The number of methoxy groups -OCH3 is 1. The lowest BCUT2D eigenvalue weighted by Crippen LogP contribution is -2.30. The summed E-state index contributed by atoms with van der Waals surface area (Å²) in [6, 6.07) is 11.6. The highest BCUT2D eigenvalue weighted by molar-refractivity contribution is 7.98. The smallest absolute Gasteiger partial charge is 0.170 e. The van der Waals surface area contributed by atoms with Gasteiger partial charge in [0.1, 0.15) is 17.0 Å². The number of anilines is 1. The predicted octanol–water partition coefficient (Wildman–Crippen LogP) is 4.06. The fourth-order valence-corrected chi connectivity index (χ4v) is 3.36. The van der Waals surface area contributed by atoms with E-state index in [2.05, 4.69) is 15.6 Å². The Kier molecular flexibility index (Phi) is 6.14. The summed E-state index contributed by atoms with van der Waals surface area (Å²) in [7, 11) is 1.64. The summed E-state index contributed by atoms with van der Waals surface area (Å²) in [5.74, 6) is 3.54. The van der Waals surface area contributed by atoms with Crippen LogP contribution in [0.15, 0.2) is 53.3 Å². The fourth-order valence-electron chi connectivity index (χ4n) is 2.39. The third-order valence-electron chi connectivity index (χ3n) is 3.56. The lowest BCUT2D eigenvalue weighted by Gasteiger charge is -2.13. The van der Waals surface area contributed by atoms with Crippen molar-refractivity contribution in [1.82, 2.24) is 10.3 Å². The largest absolute Gasteiger partial charge is 0.494 e. The number of fused-ring (bicyclic) bond motifs is 1. The van der Waals surface area contributed by atoms with Crippen molar-refractivity contribution in [2.75, 3.05) is 24.7 Å². The van der Waals surface area contributed by atoms with Crippen molar-refractivity contribution in [2.24, 2.45) is 0 Å². The first-order chi connectivity index (χ1) is 12.3. The normalized spacial score (nSPS) is 10.6. The Morgan fingerprint density at radius 2 is 2.20 bits per heavy atom. The Morgan fingerprint density at radius 1 is 1.28 bits per heavy atom. The zero-order valence-corrected chi connectivity index (χ0v) is 15.5. The molecule has 0 aliphatic carbocycles. The lowest BCUT2D eigenvalue weighted by atomic mass is 10.1. The van der Waals surface area contributed by atoms with Crippen molar-refractivity contribution in [3.8, 4) is 5.75 Å². The van der Waals surface area contributed by atoms with Crippen LogP contribution >= 0.6 is 24.0 Å². The number of hydrogen-bond donors (Lipinski definition) is 2. The lowest BCUT2D eigenvalue weighted by molar-refractivity contribution is 0.419. The average Bonchev–Trinajstić information content (AvgIpc) is 3.15. The standard InChI is InChI=1S/C18H19N3O2S2/c1-22-16-7-6-15(14-5-2-8-19-17(14)16)21-18(24)20-9-11-25-12-13-4-3-10-23-13/h2-8,10H,9,11-12H2,1H3,(H2,20,21,24). The number of rotatable bonds is 7. The Morgan fingerprint density at radius 3 is 3.00 bits per heavy atom. The van der Waals surface area contributed by atoms with Gasteiger partial charge in [0.05, 0.1) is 19.1 Å². The van der Waals surface area contributed by atoms with Crippen LogP contribution in [0.4, 0.5) is 5.69 Å². The number of aromatic nitrogens is 1. The van der Waals surface area contributed by atoms with Crippen molar-refractivity contribution < 1.29 is 9.15 Å². The maximum absolute atomic E-state index is 5.39. The van der Waals surface area contributed by atoms with Crippen molar-refractivity contribution in [1.29, 1.82) is 0 Å². The summed E-state index contributed by atoms with van der Waals surface area (Å²) in [6.45, 7) is 0.781. The van der Waals surface area contributed by atoms with E-state index in [0.717, 1.165) is 46.2 Å². The van der Waals surface area contributed by atoms with Crippen LogP contribution in [0.3, 0.4) is 0 Å². The summed E-state index contributed by atoms with van der Waals surface area (Å²) < 4.78 is 10.7. The first-order valence-electron chi connectivity index (χ1n) is 7.84. The molecule has 25 heavy (non-hydrogen) atoms. The van der Waals surface area contributed by atoms with Gasteiger partial charge >= 0.3 is 0 Å². The monoisotopic (exact) mass is 373 g/mol. The molecule has 0 bridgehead atoms. The van der Waals surface area contributed by atoms with E-state index in [1.54, 1.807) is 31.3 Å². The number of furan rings is 1. The maximum atomic E-state index is 5.39. The molecule has 2 N–H and O–H groups in total. The number of thiocarbonyl (C=S) groups is 1. The van der Waals surface area contributed by atoms with E-state index in [0.29, 0.717) is 5.11 Å². The van der Waals surface area contributed by atoms with Gasteiger partial charge in [0.15, 0.2) is 5.11 Å². The number of nitrogens with one attached hydrogen (secondary N) is 2. The first kappa shape index (κ1) is 17.6. The van der Waals surface area contributed by atoms with Gasteiger partial charge in [-0.25, -0.2) is 0 Å². The van der Waals surface area contributed by atoms with Crippen LogP contribution in [0.25, 0.3) is 10.9 Å². The highest BCUT2D eigenvalue weighted by Crippen LogP contribution is 2.29. The zero-order chi connectivity index (χ0) is 17.5. The van der Waals surface area contributed by atoms with E-state index >= 15 is 0 Å². The number of ether oxygens (including phenoxy) is 1. The van der Waals surface area contributed by atoms with Gasteiger partial charge in [-0.3, -0.25) is 4.98 Å². The molecule has 0 fully saturated rings. The highest BCUT2D eigenvalue weighted by Gasteiger charge is 2.08. The van der Waals surface area contributed by atoms with Crippen LogP contribution in [0, 0.1) is 0 Å². The molecule has 0 aliphatic heterocycles. The molecule has 0 saturated heterocycles. The van der Waals surface area contributed by atoms with Crippen LogP contribution in [-0.4, -0.2) is 29.5 Å². The summed E-state index contributed by atoms with van der Waals surface area (Å²) in [4.78, 5) is 4.39. The van der Waals surface area contributed by atoms with E-state index in [4.69, 9.17) is 21.4 Å². The molecule has 130 valence electrons. The number of hydrogen-bond acceptors (Lipinski definition) is 5.